The van der Waals surface area contributed by atoms with Crippen molar-refractivity contribution < 1.29 is 9.53 Å². The Morgan fingerprint density at radius 3 is 3.03 bits per heavy atom. The van der Waals surface area contributed by atoms with Crippen molar-refractivity contribution in [1.29, 1.82) is 0 Å². The second-order valence-corrected chi connectivity index (χ2v) is 9.31. The fourth-order valence-electron chi connectivity index (χ4n) is 3.71. The predicted molar refractivity (Wildman–Crippen MR) is 122 cm³/mol. The van der Waals surface area contributed by atoms with Gasteiger partial charge in [-0.1, -0.05) is 11.8 Å². The first-order valence-corrected chi connectivity index (χ1v) is 11.6. The number of aromatic nitrogens is 4. The van der Waals surface area contributed by atoms with Crippen molar-refractivity contribution in [2.24, 2.45) is 0 Å². The maximum absolute atomic E-state index is 11.8. The van der Waals surface area contributed by atoms with E-state index in [-0.39, 0.29) is 6.03 Å². The van der Waals surface area contributed by atoms with Crippen molar-refractivity contribution >= 4 is 57.4 Å². The van der Waals surface area contributed by atoms with Crippen molar-refractivity contribution in [3.05, 3.63) is 27.6 Å². The minimum atomic E-state index is -0.000600. The summed E-state index contributed by atoms with van der Waals surface area (Å²) in [5.41, 5.74) is 8.62. The number of carbonyl (C=O) groups is 1. The van der Waals surface area contributed by atoms with Gasteiger partial charge in [0.1, 0.15) is 12.1 Å². The number of nitrogen functional groups attached to an aromatic ring is 1. The van der Waals surface area contributed by atoms with Crippen LogP contribution in [0.3, 0.4) is 0 Å². The number of fused-ring (bicyclic) bond motifs is 2. The number of hydrogen-bond donors (Lipinski definition) is 2. The fraction of sp³-hybridized carbons (Fsp3) is 0.368. The highest BCUT2D eigenvalue weighted by Gasteiger charge is 2.22. The van der Waals surface area contributed by atoms with E-state index in [9.17, 15) is 4.79 Å². The molecule has 5 rings (SSSR count). The van der Waals surface area contributed by atoms with E-state index in [2.05, 4.69) is 54.6 Å². The van der Waals surface area contributed by atoms with Crippen molar-refractivity contribution in [3.8, 4) is 5.75 Å². The molecule has 0 atom stereocenters. The van der Waals surface area contributed by atoms with Crippen molar-refractivity contribution in [1.82, 2.24) is 29.7 Å². The summed E-state index contributed by atoms with van der Waals surface area (Å²) in [5.74, 6) is 1.31. The molecule has 3 N–H and O–H groups in total. The molecule has 1 aromatic carbocycles. The fourth-order valence-corrected chi connectivity index (χ4v) is 5.52. The Balaban J connectivity index is 1.44. The van der Waals surface area contributed by atoms with E-state index in [0.29, 0.717) is 36.6 Å². The minimum absolute atomic E-state index is 0.000600. The third kappa shape index (κ3) is 3.64. The summed E-state index contributed by atoms with van der Waals surface area (Å²) in [5, 5.41) is 3.64. The number of halogens is 1. The number of ether oxygens (including phenoxy) is 1. The maximum Gasteiger partial charge on any atom is 0.317 e. The molecule has 2 aliphatic rings. The van der Waals surface area contributed by atoms with Crippen LogP contribution in [0, 0.1) is 3.57 Å². The summed E-state index contributed by atoms with van der Waals surface area (Å²) in [6.45, 7) is 3.54. The molecule has 2 amide bonds. The number of nitrogens with one attached hydrogen (secondary N) is 1. The van der Waals surface area contributed by atoms with Crippen LogP contribution in [-0.4, -0.2) is 56.7 Å². The third-order valence-electron chi connectivity index (χ3n) is 5.23. The van der Waals surface area contributed by atoms with Crippen LogP contribution in [0.5, 0.6) is 5.75 Å². The predicted octanol–water partition coefficient (Wildman–Crippen LogP) is 2.51. The van der Waals surface area contributed by atoms with E-state index in [1.54, 1.807) is 11.8 Å². The molecule has 9 nitrogen and oxygen atoms in total. The van der Waals surface area contributed by atoms with Gasteiger partial charge in [-0.25, -0.2) is 19.7 Å². The molecule has 156 valence electrons. The van der Waals surface area contributed by atoms with Crippen molar-refractivity contribution in [2.75, 3.05) is 32.0 Å². The number of urea groups is 1. The molecule has 3 aromatic rings. The van der Waals surface area contributed by atoms with E-state index in [1.165, 1.54) is 11.9 Å². The zero-order chi connectivity index (χ0) is 20.7. The van der Waals surface area contributed by atoms with Gasteiger partial charge in [0.2, 0.25) is 0 Å². The Bertz CT molecular complexity index is 1140. The highest BCUT2D eigenvalue weighted by atomic mass is 127. The summed E-state index contributed by atoms with van der Waals surface area (Å²) in [4.78, 5) is 28.0. The average molecular weight is 537 g/mol. The van der Waals surface area contributed by atoms with Gasteiger partial charge in [-0.05, 0) is 46.7 Å². The lowest BCUT2D eigenvalue weighted by Gasteiger charge is -2.15. The van der Waals surface area contributed by atoms with Crippen LogP contribution < -0.4 is 15.8 Å². The Morgan fingerprint density at radius 1 is 1.30 bits per heavy atom. The third-order valence-corrected chi connectivity index (χ3v) is 7.54. The molecule has 1 fully saturated rings. The number of anilines is 1. The second-order valence-electron chi connectivity index (χ2n) is 7.14. The number of amides is 2. The molecule has 11 heteroatoms. The van der Waals surface area contributed by atoms with Crippen LogP contribution in [-0.2, 0) is 13.0 Å². The Labute approximate surface area is 190 Å². The summed E-state index contributed by atoms with van der Waals surface area (Å²) in [6.07, 6.45) is 3.21. The molecule has 0 radical (unpaired) electrons. The number of nitrogens with two attached hydrogens (primary N) is 1. The molecule has 0 aliphatic carbocycles. The van der Waals surface area contributed by atoms with Crippen LogP contribution in [0.4, 0.5) is 10.6 Å². The maximum atomic E-state index is 11.8. The van der Waals surface area contributed by atoms with Gasteiger partial charge < -0.3 is 25.3 Å². The van der Waals surface area contributed by atoms with Crippen LogP contribution in [0.15, 0.2) is 28.5 Å². The molecule has 4 heterocycles. The minimum Gasteiger partial charge on any atom is -0.493 e. The second kappa shape index (κ2) is 8.10. The van der Waals surface area contributed by atoms with Crippen molar-refractivity contribution in [3.63, 3.8) is 0 Å². The normalized spacial score (nSPS) is 15.5. The summed E-state index contributed by atoms with van der Waals surface area (Å²) >= 11 is 3.93. The van der Waals surface area contributed by atoms with Gasteiger partial charge in [0, 0.05) is 41.1 Å². The van der Waals surface area contributed by atoms with Gasteiger partial charge in [-0.3, -0.25) is 0 Å². The first-order chi connectivity index (χ1) is 14.6. The lowest BCUT2D eigenvalue weighted by molar-refractivity contribution is 0.216. The van der Waals surface area contributed by atoms with E-state index < -0.39 is 0 Å². The number of imidazole rings is 1. The van der Waals surface area contributed by atoms with Gasteiger partial charge >= 0.3 is 6.03 Å². The zero-order valence-electron chi connectivity index (χ0n) is 16.1. The molecule has 2 aromatic heterocycles. The number of hydrogen-bond acceptors (Lipinski definition) is 7. The number of benzene rings is 1. The van der Waals surface area contributed by atoms with Gasteiger partial charge in [-0.2, -0.15) is 0 Å². The molecule has 0 bridgehead atoms. The van der Waals surface area contributed by atoms with E-state index in [0.717, 1.165) is 45.4 Å². The molecule has 30 heavy (non-hydrogen) atoms. The standard InChI is InChI=1S/C19H20IN7O2S/c20-12-8-11-2-7-29-13(11)9-14(12)30-19-25-15-16(21)23-10-24-17(15)27(19)5-1-4-26-6-3-22-18(26)28/h8-10H,1-7H2,(H,22,28)(H2,21,23,24). The molecular weight excluding hydrogens is 517 g/mol. The van der Waals surface area contributed by atoms with Gasteiger partial charge in [0.25, 0.3) is 0 Å². The smallest absolute Gasteiger partial charge is 0.317 e. The molecule has 1 saturated heterocycles. The van der Waals surface area contributed by atoms with E-state index in [4.69, 9.17) is 15.5 Å². The largest absolute Gasteiger partial charge is 0.493 e. The van der Waals surface area contributed by atoms with E-state index in [1.807, 2.05) is 4.90 Å². The van der Waals surface area contributed by atoms with Gasteiger partial charge in [-0.15, -0.1) is 0 Å². The lowest BCUT2D eigenvalue weighted by atomic mass is 10.2. The van der Waals surface area contributed by atoms with Crippen molar-refractivity contribution in [2.45, 2.75) is 29.4 Å². The van der Waals surface area contributed by atoms with Crippen LogP contribution in [0.2, 0.25) is 0 Å². The van der Waals surface area contributed by atoms with Crippen LogP contribution >= 0.6 is 34.4 Å². The average Bonchev–Trinajstić information content (AvgIpc) is 3.43. The van der Waals surface area contributed by atoms with Gasteiger partial charge in [0.05, 0.1) is 6.61 Å². The topological polar surface area (TPSA) is 111 Å². The first-order valence-electron chi connectivity index (χ1n) is 9.72. The highest BCUT2D eigenvalue weighted by molar-refractivity contribution is 14.1. The number of rotatable bonds is 6. The molecule has 0 saturated carbocycles. The first kappa shape index (κ1) is 19.7. The molecule has 0 unspecified atom stereocenters. The quantitative estimate of drug-likeness (QED) is 0.465. The Morgan fingerprint density at radius 2 is 2.20 bits per heavy atom. The van der Waals surface area contributed by atoms with Crippen LogP contribution in [0.25, 0.3) is 11.2 Å². The summed E-state index contributed by atoms with van der Waals surface area (Å²) < 4.78 is 8.97. The van der Waals surface area contributed by atoms with Gasteiger partial charge in [0.15, 0.2) is 22.1 Å². The summed E-state index contributed by atoms with van der Waals surface area (Å²) in [7, 11) is 0. The summed E-state index contributed by atoms with van der Waals surface area (Å²) in [6, 6.07) is 4.26. The Hall–Kier alpha value is -2.28. The number of aryl methyl sites for hydroxylation is 1. The zero-order valence-corrected chi connectivity index (χ0v) is 19.1. The monoisotopic (exact) mass is 537 g/mol. The molecular formula is C19H20IN7O2S. The number of carbonyl (C=O) groups excluding carboxylic acids is 1. The SMILES string of the molecule is Nc1ncnc2c1nc(Sc1cc3c(cc1I)CCO3)n2CCCN1CCNC1=O. The lowest BCUT2D eigenvalue weighted by Crippen LogP contribution is -2.29. The highest BCUT2D eigenvalue weighted by Crippen LogP contribution is 2.38. The van der Waals surface area contributed by atoms with E-state index >= 15 is 0 Å². The Kier molecular flexibility index (Phi) is 5.31. The molecule has 0 spiro atoms. The van der Waals surface area contributed by atoms with Crippen LogP contribution in [0.1, 0.15) is 12.0 Å². The molecule has 2 aliphatic heterocycles. The number of nitrogens with zero attached hydrogens (tertiary/aromatic N) is 5.